The van der Waals surface area contributed by atoms with Gasteiger partial charge in [0, 0.05) is 31.9 Å². The number of piperidine rings is 1. The minimum Gasteiger partial charge on any atom is -0.389 e. The van der Waals surface area contributed by atoms with Crippen LogP contribution >= 0.6 is 0 Å². The largest absolute Gasteiger partial charge is 0.389 e. The van der Waals surface area contributed by atoms with E-state index in [2.05, 4.69) is 4.90 Å². The predicted molar refractivity (Wildman–Crippen MR) is 97.1 cm³/mol. The SMILES string of the molecule is CN(C(=O)CC1(O)CCCCC1)C1CCN(c2ccc(F)cc2)CC1. The van der Waals surface area contributed by atoms with E-state index in [4.69, 9.17) is 0 Å². The van der Waals surface area contributed by atoms with Crippen molar-refractivity contribution in [1.82, 2.24) is 4.90 Å². The lowest BCUT2D eigenvalue weighted by molar-refractivity contribution is -0.139. The van der Waals surface area contributed by atoms with Gasteiger partial charge in [-0.3, -0.25) is 4.79 Å². The van der Waals surface area contributed by atoms with Crippen molar-refractivity contribution in [3.8, 4) is 0 Å². The summed E-state index contributed by atoms with van der Waals surface area (Å²) in [6, 6.07) is 6.81. The first-order chi connectivity index (χ1) is 12.0. The molecule has 1 aromatic rings. The highest BCUT2D eigenvalue weighted by Crippen LogP contribution is 2.32. The van der Waals surface area contributed by atoms with E-state index in [-0.39, 0.29) is 24.2 Å². The van der Waals surface area contributed by atoms with Crippen molar-refractivity contribution >= 4 is 11.6 Å². The van der Waals surface area contributed by atoms with E-state index in [1.165, 1.54) is 12.1 Å². The summed E-state index contributed by atoms with van der Waals surface area (Å²) in [5.74, 6) is -0.158. The highest BCUT2D eigenvalue weighted by molar-refractivity contribution is 5.77. The van der Waals surface area contributed by atoms with Crippen LogP contribution in [0.15, 0.2) is 24.3 Å². The van der Waals surface area contributed by atoms with Crippen molar-refractivity contribution < 1.29 is 14.3 Å². The van der Waals surface area contributed by atoms with Crippen LogP contribution in [0.3, 0.4) is 0 Å². The summed E-state index contributed by atoms with van der Waals surface area (Å²) in [4.78, 5) is 16.7. The fourth-order valence-electron chi connectivity index (χ4n) is 4.16. The molecule has 3 rings (SSSR count). The summed E-state index contributed by atoms with van der Waals surface area (Å²) < 4.78 is 13.1. The van der Waals surface area contributed by atoms with Gasteiger partial charge >= 0.3 is 0 Å². The van der Waals surface area contributed by atoms with Crippen LogP contribution in [0.2, 0.25) is 0 Å². The third-order valence-corrected chi connectivity index (χ3v) is 5.86. The number of carbonyl (C=O) groups excluding carboxylic acids is 1. The number of hydrogen-bond donors (Lipinski definition) is 1. The van der Waals surface area contributed by atoms with E-state index >= 15 is 0 Å². The molecule has 138 valence electrons. The van der Waals surface area contributed by atoms with E-state index in [0.717, 1.165) is 63.7 Å². The predicted octanol–water partition coefficient (Wildman–Crippen LogP) is 3.34. The second-order valence-electron chi connectivity index (χ2n) is 7.66. The number of hydrogen-bond acceptors (Lipinski definition) is 3. The molecule has 4 nitrogen and oxygen atoms in total. The van der Waals surface area contributed by atoms with Gasteiger partial charge in [-0.25, -0.2) is 4.39 Å². The third kappa shape index (κ3) is 4.51. The molecule has 1 saturated carbocycles. The number of benzene rings is 1. The number of rotatable bonds is 4. The molecule has 1 aliphatic heterocycles. The molecule has 0 bridgehead atoms. The van der Waals surface area contributed by atoms with Gasteiger partial charge < -0.3 is 14.9 Å². The third-order valence-electron chi connectivity index (χ3n) is 5.86. The fourth-order valence-corrected chi connectivity index (χ4v) is 4.16. The molecule has 1 amide bonds. The van der Waals surface area contributed by atoms with Gasteiger partial charge in [-0.2, -0.15) is 0 Å². The smallest absolute Gasteiger partial charge is 0.225 e. The van der Waals surface area contributed by atoms with Crippen LogP contribution in [-0.4, -0.2) is 47.7 Å². The summed E-state index contributed by atoms with van der Waals surface area (Å²) in [6.45, 7) is 1.72. The minimum atomic E-state index is -0.793. The minimum absolute atomic E-state index is 0.0598. The summed E-state index contributed by atoms with van der Waals surface area (Å²) >= 11 is 0. The molecule has 2 fully saturated rings. The van der Waals surface area contributed by atoms with Gasteiger partial charge in [0.1, 0.15) is 5.82 Å². The van der Waals surface area contributed by atoms with Crippen molar-refractivity contribution in [2.45, 2.75) is 63.0 Å². The molecule has 0 spiro atoms. The summed E-state index contributed by atoms with van der Waals surface area (Å²) in [5, 5.41) is 10.6. The molecule has 1 heterocycles. The molecule has 0 unspecified atom stereocenters. The van der Waals surface area contributed by atoms with Gasteiger partial charge in [0.15, 0.2) is 0 Å². The quantitative estimate of drug-likeness (QED) is 0.908. The lowest BCUT2D eigenvalue weighted by Crippen LogP contribution is -2.48. The highest BCUT2D eigenvalue weighted by Gasteiger charge is 2.34. The van der Waals surface area contributed by atoms with E-state index in [1.807, 2.05) is 24.1 Å². The Kier molecular flexibility index (Phi) is 5.62. The Balaban J connectivity index is 1.51. The van der Waals surface area contributed by atoms with Crippen LogP contribution in [-0.2, 0) is 4.79 Å². The van der Waals surface area contributed by atoms with E-state index in [0.29, 0.717) is 0 Å². The first-order valence-electron chi connectivity index (χ1n) is 9.45. The van der Waals surface area contributed by atoms with E-state index < -0.39 is 5.60 Å². The standard InChI is InChI=1S/C20H29FN2O2/c1-22(19(24)15-20(25)11-3-2-4-12-20)17-9-13-23(14-10-17)18-7-5-16(21)6-8-18/h5-8,17,25H,2-4,9-15H2,1H3. The second kappa shape index (κ2) is 7.73. The monoisotopic (exact) mass is 348 g/mol. The topological polar surface area (TPSA) is 43.8 Å². The normalized spacial score (nSPS) is 21.2. The van der Waals surface area contributed by atoms with Gasteiger partial charge in [-0.15, -0.1) is 0 Å². The first kappa shape index (κ1) is 18.2. The number of aliphatic hydroxyl groups is 1. The molecular formula is C20H29FN2O2. The number of halogens is 1. The average Bonchev–Trinajstić information content (AvgIpc) is 2.62. The molecule has 25 heavy (non-hydrogen) atoms. The Morgan fingerprint density at radius 3 is 2.40 bits per heavy atom. The van der Waals surface area contributed by atoms with Gasteiger partial charge in [0.05, 0.1) is 12.0 Å². The Hall–Kier alpha value is -1.62. The average molecular weight is 348 g/mol. The van der Waals surface area contributed by atoms with Crippen LogP contribution in [0.5, 0.6) is 0 Å². The van der Waals surface area contributed by atoms with Crippen LogP contribution in [0.1, 0.15) is 51.4 Å². The molecule has 1 aromatic carbocycles. The first-order valence-corrected chi connectivity index (χ1v) is 9.45. The van der Waals surface area contributed by atoms with E-state index in [1.54, 1.807) is 0 Å². The van der Waals surface area contributed by atoms with E-state index in [9.17, 15) is 14.3 Å². The van der Waals surface area contributed by atoms with Crippen molar-refractivity contribution in [3.05, 3.63) is 30.1 Å². The van der Waals surface area contributed by atoms with Crippen molar-refractivity contribution in [2.24, 2.45) is 0 Å². The molecule has 1 aliphatic carbocycles. The zero-order valence-corrected chi connectivity index (χ0v) is 15.1. The summed E-state index contributed by atoms with van der Waals surface area (Å²) in [7, 11) is 1.87. The summed E-state index contributed by atoms with van der Waals surface area (Å²) in [6.07, 6.45) is 6.74. The second-order valence-corrected chi connectivity index (χ2v) is 7.66. The van der Waals surface area contributed by atoms with Gasteiger partial charge in [-0.1, -0.05) is 19.3 Å². The maximum atomic E-state index is 13.1. The number of amides is 1. The van der Waals surface area contributed by atoms with Gasteiger partial charge in [0.2, 0.25) is 5.91 Å². The van der Waals surface area contributed by atoms with Gasteiger partial charge in [-0.05, 0) is 49.9 Å². The van der Waals surface area contributed by atoms with Crippen LogP contribution in [0.4, 0.5) is 10.1 Å². The number of nitrogens with zero attached hydrogens (tertiary/aromatic N) is 2. The lowest BCUT2D eigenvalue weighted by Gasteiger charge is -2.39. The number of carbonyl (C=O) groups is 1. The lowest BCUT2D eigenvalue weighted by atomic mass is 9.82. The fraction of sp³-hybridized carbons (Fsp3) is 0.650. The molecule has 0 atom stereocenters. The number of anilines is 1. The Morgan fingerprint density at radius 1 is 1.20 bits per heavy atom. The molecule has 1 saturated heterocycles. The molecular weight excluding hydrogens is 319 g/mol. The van der Waals surface area contributed by atoms with Crippen molar-refractivity contribution in [2.75, 3.05) is 25.0 Å². The van der Waals surface area contributed by atoms with Gasteiger partial charge in [0.25, 0.3) is 0 Å². The molecule has 0 aromatic heterocycles. The molecule has 2 aliphatic rings. The van der Waals surface area contributed by atoms with Crippen molar-refractivity contribution in [3.63, 3.8) is 0 Å². The maximum Gasteiger partial charge on any atom is 0.225 e. The van der Waals surface area contributed by atoms with Crippen LogP contribution in [0.25, 0.3) is 0 Å². The van der Waals surface area contributed by atoms with Crippen LogP contribution < -0.4 is 4.90 Å². The maximum absolute atomic E-state index is 13.1. The summed E-state index contributed by atoms with van der Waals surface area (Å²) in [5.41, 5.74) is 0.239. The molecule has 5 heteroatoms. The van der Waals surface area contributed by atoms with Crippen LogP contribution in [0, 0.1) is 5.82 Å². The molecule has 1 N–H and O–H groups in total. The zero-order valence-electron chi connectivity index (χ0n) is 15.1. The highest BCUT2D eigenvalue weighted by atomic mass is 19.1. The molecule has 0 radical (unpaired) electrons. The van der Waals surface area contributed by atoms with Crippen molar-refractivity contribution in [1.29, 1.82) is 0 Å². The Bertz CT molecular complexity index is 576. The Morgan fingerprint density at radius 2 is 1.80 bits per heavy atom. The zero-order chi connectivity index (χ0) is 17.9. The Labute approximate surface area is 149 Å².